The molecule has 2 nitrogen and oxygen atoms in total. The molecule has 0 bridgehead atoms. The molecule has 1 heterocycles. The van der Waals surface area contributed by atoms with Crippen LogP contribution in [0.2, 0.25) is 0 Å². The predicted molar refractivity (Wildman–Crippen MR) is 76.5 cm³/mol. The molecule has 0 N–H and O–H groups in total. The van der Waals surface area contributed by atoms with Crippen LogP contribution in [0, 0.1) is 5.92 Å². The highest BCUT2D eigenvalue weighted by Crippen LogP contribution is 2.37. The van der Waals surface area contributed by atoms with Gasteiger partial charge >= 0.3 is 5.97 Å². The summed E-state index contributed by atoms with van der Waals surface area (Å²) in [7, 11) is 0. The normalized spacial score (nSPS) is 25.4. The predicted octanol–water partition coefficient (Wildman–Crippen LogP) is 4.30. The molecule has 0 aromatic heterocycles. The van der Waals surface area contributed by atoms with Gasteiger partial charge in [-0.05, 0) is 37.2 Å². The Morgan fingerprint density at radius 2 is 2.06 bits per heavy atom. The van der Waals surface area contributed by atoms with Gasteiger partial charge in [0.05, 0.1) is 0 Å². The Morgan fingerprint density at radius 3 is 2.72 bits per heavy atom. The third-order valence-electron chi connectivity index (χ3n) is 3.71. The van der Waals surface area contributed by atoms with Crippen molar-refractivity contribution in [2.24, 2.45) is 5.92 Å². The topological polar surface area (TPSA) is 26.3 Å². The lowest BCUT2D eigenvalue weighted by Crippen LogP contribution is -2.16. The summed E-state index contributed by atoms with van der Waals surface area (Å²) < 4.78 is 5.44. The van der Waals surface area contributed by atoms with Gasteiger partial charge in [-0.15, -0.1) is 11.8 Å². The highest BCUT2D eigenvalue weighted by atomic mass is 32.2. The van der Waals surface area contributed by atoms with Gasteiger partial charge in [0.15, 0.2) is 5.44 Å². The molecule has 0 amide bonds. The summed E-state index contributed by atoms with van der Waals surface area (Å²) in [4.78, 5) is 11.4. The van der Waals surface area contributed by atoms with Crippen LogP contribution in [0.1, 0.15) is 58.8 Å². The summed E-state index contributed by atoms with van der Waals surface area (Å²) in [5.41, 5.74) is 1.23. The van der Waals surface area contributed by atoms with Crippen molar-refractivity contribution in [3.63, 3.8) is 0 Å². The third-order valence-corrected chi connectivity index (χ3v) is 5.21. The van der Waals surface area contributed by atoms with E-state index >= 15 is 0 Å². The fourth-order valence-electron chi connectivity index (χ4n) is 2.57. The van der Waals surface area contributed by atoms with Gasteiger partial charge in [-0.25, -0.2) is 4.79 Å². The first-order chi connectivity index (χ1) is 8.65. The monoisotopic (exact) mass is 268 g/mol. The largest absolute Gasteiger partial charge is 0.443 e. The van der Waals surface area contributed by atoms with E-state index in [4.69, 9.17) is 4.74 Å². The zero-order valence-corrected chi connectivity index (χ0v) is 12.3. The minimum Gasteiger partial charge on any atom is -0.443 e. The van der Waals surface area contributed by atoms with Gasteiger partial charge < -0.3 is 4.74 Å². The van der Waals surface area contributed by atoms with Gasteiger partial charge in [0.2, 0.25) is 0 Å². The minimum atomic E-state index is -0.137. The minimum absolute atomic E-state index is 0.0133. The van der Waals surface area contributed by atoms with Crippen molar-refractivity contribution in [3.05, 3.63) is 11.6 Å². The van der Waals surface area contributed by atoms with Crippen molar-refractivity contribution in [1.82, 2.24) is 0 Å². The van der Waals surface area contributed by atoms with Crippen LogP contribution in [-0.4, -0.2) is 16.7 Å². The molecular weight excluding hydrogens is 244 g/mol. The first kappa shape index (κ1) is 14.0. The Bertz CT molecular complexity index is 316. The van der Waals surface area contributed by atoms with E-state index in [0.717, 1.165) is 12.8 Å². The molecule has 1 aliphatic carbocycles. The highest BCUT2D eigenvalue weighted by molar-refractivity contribution is 8.00. The van der Waals surface area contributed by atoms with Gasteiger partial charge in [0.25, 0.3) is 0 Å². The molecule has 1 aliphatic heterocycles. The second-order valence-corrected chi connectivity index (χ2v) is 7.18. The van der Waals surface area contributed by atoms with Crippen molar-refractivity contribution in [2.45, 2.75) is 69.5 Å². The fourth-order valence-corrected chi connectivity index (χ4v) is 4.04. The summed E-state index contributed by atoms with van der Waals surface area (Å²) in [5, 5.41) is 0.692. The molecule has 0 radical (unpaired) electrons. The lowest BCUT2D eigenvalue weighted by Gasteiger charge is -2.25. The summed E-state index contributed by atoms with van der Waals surface area (Å²) in [6, 6.07) is 0. The molecule has 1 fully saturated rings. The fraction of sp³-hybridized carbons (Fsp3) is 0.800. The molecule has 0 aromatic carbocycles. The second kappa shape index (κ2) is 6.65. The quantitative estimate of drug-likeness (QED) is 0.695. The molecule has 102 valence electrons. The summed E-state index contributed by atoms with van der Waals surface area (Å²) >= 11 is 1.88. The summed E-state index contributed by atoms with van der Waals surface area (Å²) in [5.74, 6) is 0.545. The zero-order valence-electron chi connectivity index (χ0n) is 11.5. The van der Waals surface area contributed by atoms with E-state index in [1.807, 2.05) is 11.8 Å². The Labute approximate surface area is 115 Å². The van der Waals surface area contributed by atoms with E-state index in [2.05, 4.69) is 13.8 Å². The van der Waals surface area contributed by atoms with E-state index in [1.54, 1.807) is 6.08 Å². The number of hydrogen-bond donors (Lipinski definition) is 0. The number of esters is 1. The third kappa shape index (κ3) is 4.04. The second-order valence-electron chi connectivity index (χ2n) is 5.82. The van der Waals surface area contributed by atoms with E-state index < -0.39 is 0 Å². The maximum atomic E-state index is 11.4. The number of carbonyl (C=O) groups is 1. The van der Waals surface area contributed by atoms with Crippen LogP contribution < -0.4 is 0 Å². The average Bonchev–Trinajstić information content (AvgIpc) is 2.68. The van der Waals surface area contributed by atoms with Gasteiger partial charge in [0, 0.05) is 11.3 Å². The van der Waals surface area contributed by atoms with E-state index in [1.165, 1.54) is 37.7 Å². The standard InChI is InChI=1S/C15H24O2S/c1-11(2)8-9-12-10-14(16)17-15(12)18-13-6-4-3-5-7-13/h10-11,13,15H,3-9H2,1-2H3. The molecule has 1 saturated carbocycles. The van der Waals surface area contributed by atoms with Crippen molar-refractivity contribution in [2.75, 3.05) is 0 Å². The van der Waals surface area contributed by atoms with Crippen molar-refractivity contribution >= 4 is 17.7 Å². The Kier molecular flexibility index (Phi) is 5.16. The van der Waals surface area contributed by atoms with Crippen LogP contribution in [0.25, 0.3) is 0 Å². The van der Waals surface area contributed by atoms with Crippen LogP contribution in [0.5, 0.6) is 0 Å². The highest BCUT2D eigenvalue weighted by Gasteiger charge is 2.29. The van der Waals surface area contributed by atoms with Crippen LogP contribution >= 0.6 is 11.8 Å². The van der Waals surface area contributed by atoms with Crippen LogP contribution in [0.4, 0.5) is 0 Å². The number of hydrogen-bond acceptors (Lipinski definition) is 3. The average molecular weight is 268 g/mol. The Hall–Kier alpha value is -0.440. The number of ether oxygens (including phenoxy) is 1. The Morgan fingerprint density at radius 1 is 1.33 bits per heavy atom. The van der Waals surface area contributed by atoms with Gasteiger partial charge in [-0.2, -0.15) is 0 Å². The van der Waals surface area contributed by atoms with Crippen LogP contribution in [-0.2, 0) is 9.53 Å². The number of carbonyl (C=O) groups excluding carboxylic acids is 1. The molecule has 2 aliphatic rings. The van der Waals surface area contributed by atoms with E-state index in [0.29, 0.717) is 11.2 Å². The summed E-state index contributed by atoms with van der Waals surface area (Å²) in [6.45, 7) is 4.45. The van der Waals surface area contributed by atoms with Gasteiger partial charge in [0.1, 0.15) is 0 Å². The first-order valence-corrected chi connectivity index (χ1v) is 8.16. The zero-order chi connectivity index (χ0) is 13.0. The lowest BCUT2D eigenvalue weighted by atomic mass is 10.0. The molecule has 18 heavy (non-hydrogen) atoms. The lowest BCUT2D eigenvalue weighted by molar-refractivity contribution is -0.136. The number of cyclic esters (lactones) is 1. The molecule has 0 aromatic rings. The molecule has 1 unspecified atom stereocenters. The molecule has 1 atom stereocenters. The van der Waals surface area contributed by atoms with Crippen molar-refractivity contribution in [3.8, 4) is 0 Å². The number of thioether (sulfide) groups is 1. The smallest absolute Gasteiger partial charge is 0.332 e. The molecular formula is C15H24O2S. The first-order valence-electron chi connectivity index (χ1n) is 7.21. The van der Waals surface area contributed by atoms with E-state index in [-0.39, 0.29) is 11.4 Å². The Balaban J connectivity index is 1.86. The van der Waals surface area contributed by atoms with Crippen molar-refractivity contribution < 1.29 is 9.53 Å². The van der Waals surface area contributed by atoms with Gasteiger partial charge in [-0.3, -0.25) is 0 Å². The molecule has 0 saturated heterocycles. The van der Waals surface area contributed by atoms with Crippen LogP contribution in [0.3, 0.4) is 0 Å². The number of rotatable bonds is 5. The molecule has 3 heteroatoms. The van der Waals surface area contributed by atoms with Crippen LogP contribution in [0.15, 0.2) is 11.6 Å². The maximum absolute atomic E-state index is 11.4. The van der Waals surface area contributed by atoms with E-state index in [9.17, 15) is 4.79 Å². The van der Waals surface area contributed by atoms with Crippen molar-refractivity contribution in [1.29, 1.82) is 0 Å². The van der Waals surface area contributed by atoms with Gasteiger partial charge in [-0.1, -0.05) is 33.1 Å². The summed E-state index contributed by atoms with van der Waals surface area (Å²) in [6.07, 6.45) is 10.5. The molecule has 0 spiro atoms. The molecule has 2 rings (SSSR count). The SMILES string of the molecule is CC(C)CCC1=CC(=O)OC1SC1CCCCC1. The maximum Gasteiger partial charge on any atom is 0.332 e.